The molecule has 1 aromatic carbocycles. The van der Waals surface area contributed by atoms with Crippen LogP contribution in [0.25, 0.3) is 11.3 Å². The van der Waals surface area contributed by atoms with Crippen molar-refractivity contribution in [3.8, 4) is 11.3 Å². The summed E-state index contributed by atoms with van der Waals surface area (Å²) in [6.45, 7) is 0.871. The fraction of sp³-hybridized carbons (Fsp3) is 0.400. The molecule has 2 aromatic heterocycles. The molecule has 0 radical (unpaired) electrons. The lowest BCUT2D eigenvalue weighted by Crippen LogP contribution is -2.35. The van der Waals surface area contributed by atoms with Gasteiger partial charge >= 0.3 is 0 Å². The molecule has 1 amide bonds. The van der Waals surface area contributed by atoms with Gasteiger partial charge in [0, 0.05) is 30.5 Å². The maximum absolute atomic E-state index is 12.9. The molecule has 1 aliphatic carbocycles. The van der Waals surface area contributed by atoms with Crippen molar-refractivity contribution in [2.75, 3.05) is 0 Å². The van der Waals surface area contributed by atoms with E-state index in [0.29, 0.717) is 11.5 Å². The number of hydrogen-bond donors (Lipinski definition) is 2. The lowest BCUT2D eigenvalue weighted by Gasteiger charge is -2.16. The van der Waals surface area contributed by atoms with E-state index in [0.717, 1.165) is 48.7 Å². The van der Waals surface area contributed by atoms with Crippen LogP contribution in [0, 0.1) is 0 Å². The minimum Gasteiger partial charge on any atom is -0.349 e. The standard InChI is InChI=1S/C20H22N6O/c27-20(16-12-21-24-18(16)13-4-2-1-3-5-13)22-15-8-9-17-23-25-19(14-6-7-14)26(17)11-10-15/h1-5,12,14-15H,6-11H2,(H,21,24)(H,22,27). The van der Waals surface area contributed by atoms with Crippen molar-refractivity contribution in [3.05, 3.63) is 53.7 Å². The Balaban J connectivity index is 1.29. The van der Waals surface area contributed by atoms with E-state index in [4.69, 9.17) is 0 Å². The first-order chi connectivity index (χ1) is 13.3. The third-order valence-corrected chi connectivity index (χ3v) is 5.50. The number of benzene rings is 1. The van der Waals surface area contributed by atoms with Crippen molar-refractivity contribution < 1.29 is 4.79 Å². The third-order valence-electron chi connectivity index (χ3n) is 5.50. The van der Waals surface area contributed by atoms with Crippen LogP contribution in [0.1, 0.15) is 53.6 Å². The fourth-order valence-corrected chi connectivity index (χ4v) is 3.84. The summed E-state index contributed by atoms with van der Waals surface area (Å²) in [6, 6.07) is 9.94. The summed E-state index contributed by atoms with van der Waals surface area (Å²) >= 11 is 0. The molecule has 1 atom stereocenters. The van der Waals surface area contributed by atoms with Gasteiger partial charge in [0.15, 0.2) is 0 Å². The molecular formula is C20H22N6O. The normalized spacial score (nSPS) is 19.3. The van der Waals surface area contributed by atoms with Crippen LogP contribution in [0.2, 0.25) is 0 Å². The Morgan fingerprint density at radius 3 is 2.78 bits per heavy atom. The summed E-state index contributed by atoms with van der Waals surface area (Å²) < 4.78 is 2.27. The molecule has 0 spiro atoms. The van der Waals surface area contributed by atoms with Crippen LogP contribution in [0.3, 0.4) is 0 Å². The Hall–Kier alpha value is -2.96. The third kappa shape index (κ3) is 3.13. The lowest BCUT2D eigenvalue weighted by atomic mass is 10.1. The van der Waals surface area contributed by atoms with Gasteiger partial charge in [-0.25, -0.2) is 0 Å². The molecule has 1 saturated carbocycles. The van der Waals surface area contributed by atoms with E-state index in [-0.39, 0.29) is 11.9 Å². The molecule has 27 heavy (non-hydrogen) atoms. The quantitative estimate of drug-likeness (QED) is 0.747. The van der Waals surface area contributed by atoms with Gasteiger partial charge < -0.3 is 9.88 Å². The summed E-state index contributed by atoms with van der Waals surface area (Å²) in [4.78, 5) is 12.9. The van der Waals surface area contributed by atoms with Crippen LogP contribution in [-0.2, 0) is 13.0 Å². The van der Waals surface area contributed by atoms with Gasteiger partial charge in [-0.05, 0) is 25.7 Å². The largest absolute Gasteiger partial charge is 0.349 e. The van der Waals surface area contributed by atoms with E-state index < -0.39 is 0 Å². The molecule has 0 saturated heterocycles. The first-order valence-electron chi connectivity index (χ1n) is 9.61. The van der Waals surface area contributed by atoms with E-state index in [1.807, 2.05) is 30.3 Å². The Morgan fingerprint density at radius 1 is 1.11 bits per heavy atom. The number of H-pyrrole nitrogens is 1. The number of aromatic amines is 1. The van der Waals surface area contributed by atoms with Crippen LogP contribution in [0.4, 0.5) is 0 Å². The average Bonchev–Trinajstić information content (AvgIpc) is 3.33. The van der Waals surface area contributed by atoms with E-state index in [1.165, 1.54) is 12.8 Å². The molecule has 5 rings (SSSR count). The van der Waals surface area contributed by atoms with Gasteiger partial charge in [-0.3, -0.25) is 9.89 Å². The molecule has 138 valence electrons. The zero-order valence-electron chi connectivity index (χ0n) is 15.1. The smallest absolute Gasteiger partial charge is 0.255 e. The number of carbonyl (C=O) groups excluding carboxylic acids is 1. The Bertz CT molecular complexity index is 956. The molecule has 1 aliphatic heterocycles. The molecule has 1 fully saturated rings. The molecule has 3 heterocycles. The van der Waals surface area contributed by atoms with Crippen molar-refractivity contribution >= 4 is 5.91 Å². The minimum absolute atomic E-state index is 0.0762. The summed E-state index contributed by atoms with van der Waals surface area (Å²) in [6.07, 6.45) is 6.68. The topological polar surface area (TPSA) is 88.5 Å². The number of rotatable bonds is 4. The van der Waals surface area contributed by atoms with Crippen molar-refractivity contribution in [2.45, 2.75) is 50.6 Å². The number of aryl methyl sites for hydroxylation is 1. The van der Waals surface area contributed by atoms with Gasteiger partial charge in [0.05, 0.1) is 17.5 Å². The molecule has 0 bridgehead atoms. The molecule has 1 unspecified atom stereocenters. The van der Waals surface area contributed by atoms with Gasteiger partial charge in [-0.2, -0.15) is 5.10 Å². The van der Waals surface area contributed by atoms with Crippen LogP contribution < -0.4 is 5.32 Å². The Kier molecular flexibility index (Phi) is 3.99. The Morgan fingerprint density at radius 2 is 1.96 bits per heavy atom. The Labute approximate surface area is 157 Å². The highest BCUT2D eigenvalue weighted by Crippen LogP contribution is 2.39. The highest BCUT2D eigenvalue weighted by Gasteiger charge is 2.31. The summed E-state index contributed by atoms with van der Waals surface area (Å²) in [5.74, 6) is 2.71. The molecule has 2 aliphatic rings. The second kappa shape index (κ2) is 6.64. The first-order valence-corrected chi connectivity index (χ1v) is 9.61. The van der Waals surface area contributed by atoms with Gasteiger partial charge in [0.2, 0.25) is 0 Å². The van der Waals surface area contributed by atoms with Crippen LogP contribution in [0.15, 0.2) is 36.5 Å². The second-order valence-electron chi connectivity index (χ2n) is 7.42. The van der Waals surface area contributed by atoms with E-state index in [1.54, 1.807) is 6.20 Å². The van der Waals surface area contributed by atoms with Crippen LogP contribution >= 0.6 is 0 Å². The van der Waals surface area contributed by atoms with E-state index in [9.17, 15) is 4.79 Å². The van der Waals surface area contributed by atoms with Crippen molar-refractivity contribution in [1.29, 1.82) is 0 Å². The van der Waals surface area contributed by atoms with Crippen molar-refractivity contribution in [1.82, 2.24) is 30.3 Å². The van der Waals surface area contributed by atoms with Gasteiger partial charge in [-0.1, -0.05) is 30.3 Å². The maximum atomic E-state index is 12.9. The highest BCUT2D eigenvalue weighted by atomic mass is 16.1. The van der Waals surface area contributed by atoms with E-state index >= 15 is 0 Å². The first kappa shape index (κ1) is 16.2. The minimum atomic E-state index is -0.0762. The number of fused-ring (bicyclic) bond motifs is 1. The van der Waals surface area contributed by atoms with Crippen molar-refractivity contribution in [3.63, 3.8) is 0 Å². The van der Waals surface area contributed by atoms with Crippen LogP contribution in [-0.4, -0.2) is 36.9 Å². The summed E-state index contributed by atoms with van der Waals surface area (Å²) in [5.41, 5.74) is 2.31. The molecule has 2 N–H and O–H groups in total. The summed E-state index contributed by atoms with van der Waals surface area (Å²) in [5, 5.41) is 19.0. The maximum Gasteiger partial charge on any atom is 0.255 e. The second-order valence-corrected chi connectivity index (χ2v) is 7.42. The number of carbonyl (C=O) groups is 1. The molecule has 7 heteroatoms. The molecular weight excluding hydrogens is 340 g/mol. The molecule has 7 nitrogen and oxygen atoms in total. The van der Waals surface area contributed by atoms with Crippen LogP contribution in [0.5, 0.6) is 0 Å². The zero-order chi connectivity index (χ0) is 18.2. The van der Waals surface area contributed by atoms with Gasteiger partial charge in [0.1, 0.15) is 11.6 Å². The number of nitrogens with zero attached hydrogens (tertiary/aromatic N) is 4. The number of amides is 1. The number of hydrogen-bond acceptors (Lipinski definition) is 4. The highest BCUT2D eigenvalue weighted by molar-refractivity contribution is 5.99. The predicted octanol–water partition coefficient (Wildman–Crippen LogP) is 2.68. The lowest BCUT2D eigenvalue weighted by molar-refractivity contribution is 0.0933. The zero-order valence-corrected chi connectivity index (χ0v) is 15.1. The monoisotopic (exact) mass is 362 g/mol. The fourth-order valence-electron chi connectivity index (χ4n) is 3.84. The summed E-state index contributed by atoms with van der Waals surface area (Å²) in [7, 11) is 0. The SMILES string of the molecule is O=C(NC1CCc2nnc(C3CC3)n2CC1)c1cn[nH]c1-c1ccccc1. The number of nitrogens with one attached hydrogen (secondary N) is 2. The van der Waals surface area contributed by atoms with E-state index in [2.05, 4.69) is 30.3 Å². The van der Waals surface area contributed by atoms with Gasteiger partial charge in [-0.15, -0.1) is 10.2 Å². The predicted molar refractivity (Wildman–Crippen MR) is 100 cm³/mol. The average molecular weight is 362 g/mol. The number of aromatic nitrogens is 5. The van der Waals surface area contributed by atoms with Gasteiger partial charge in [0.25, 0.3) is 5.91 Å². The molecule has 3 aromatic rings. The van der Waals surface area contributed by atoms with Crippen molar-refractivity contribution in [2.24, 2.45) is 0 Å².